The van der Waals surface area contributed by atoms with Gasteiger partial charge in [0.25, 0.3) is 0 Å². The number of nitrogens with zero attached hydrogens (tertiary/aromatic N) is 1. The van der Waals surface area contributed by atoms with E-state index in [0.717, 1.165) is 25.1 Å². The van der Waals surface area contributed by atoms with E-state index in [1.807, 2.05) is 6.07 Å². The highest BCUT2D eigenvalue weighted by Crippen LogP contribution is 2.70. The van der Waals surface area contributed by atoms with Crippen molar-refractivity contribution in [1.82, 2.24) is 4.90 Å². The first kappa shape index (κ1) is 14.0. The van der Waals surface area contributed by atoms with Crippen molar-refractivity contribution in [2.75, 3.05) is 20.7 Å². The highest BCUT2D eigenvalue weighted by Gasteiger charge is 2.77. The molecule has 3 fully saturated rings. The number of ketones is 1. The lowest BCUT2D eigenvalue weighted by Gasteiger charge is -2.56. The van der Waals surface area contributed by atoms with E-state index in [1.54, 1.807) is 7.11 Å². The van der Waals surface area contributed by atoms with Gasteiger partial charge in [0.2, 0.25) is 0 Å². The first-order valence-electron chi connectivity index (χ1n) is 8.56. The second-order valence-corrected chi connectivity index (χ2v) is 8.28. The van der Waals surface area contributed by atoms with Crippen LogP contribution in [0.4, 0.5) is 0 Å². The monoisotopic (exact) mass is 313 g/mol. The Kier molecular flexibility index (Phi) is 2.42. The van der Waals surface area contributed by atoms with Crippen molar-refractivity contribution >= 4 is 5.78 Å². The van der Waals surface area contributed by atoms with Gasteiger partial charge in [-0.05, 0) is 49.6 Å². The van der Waals surface area contributed by atoms with Crippen LogP contribution in [-0.4, -0.2) is 48.1 Å². The molecule has 1 aromatic rings. The minimum Gasteiger partial charge on any atom is -0.497 e. The van der Waals surface area contributed by atoms with Gasteiger partial charge >= 0.3 is 0 Å². The second kappa shape index (κ2) is 3.98. The standard InChI is InChI=1S/C19H23NO3/c1-20-11-17-8-12-3-4-14(23-2)7-15(12)18(10-17)9-13(21)5-6-19(18,22)16(17)20/h3-4,7,16,22H,5-6,8-11H2,1-2H3/t16-,17?,18+,19-/m1/s1. The molecule has 2 bridgehead atoms. The molecule has 1 heterocycles. The van der Waals surface area contributed by atoms with Crippen LogP contribution >= 0.6 is 0 Å². The number of carbonyl (C=O) groups excluding carboxylic acids is 1. The van der Waals surface area contributed by atoms with Crippen LogP contribution in [-0.2, 0) is 16.6 Å². The predicted octanol–water partition coefficient (Wildman–Crippen LogP) is 1.68. The zero-order chi connectivity index (χ0) is 16.0. The van der Waals surface area contributed by atoms with Crippen molar-refractivity contribution in [2.45, 2.75) is 49.2 Å². The average Bonchev–Trinajstić information content (AvgIpc) is 2.65. The molecule has 23 heavy (non-hydrogen) atoms. The number of hydrogen-bond donors (Lipinski definition) is 1. The first-order valence-corrected chi connectivity index (χ1v) is 8.56. The van der Waals surface area contributed by atoms with Gasteiger partial charge in [-0.1, -0.05) is 6.07 Å². The average molecular weight is 313 g/mol. The number of likely N-dealkylation sites (N-methyl/N-ethyl adjacent to an activating group) is 1. The zero-order valence-corrected chi connectivity index (χ0v) is 13.8. The van der Waals surface area contributed by atoms with E-state index in [0.29, 0.717) is 25.0 Å². The third-order valence-electron chi connectivity index (χ3n) is 7.18. The maximum atomic E-state index is 12.4. The number of rotatable bonds is 1. The molecule has 4 aliphatic rings. The molecule has 1 unspecified atom stereocenters. The molecule has 122 valence electrons. The number of likely N-dealkylation sites (tertiary alicyclic amines) is 1. The summed E-state index contributed by atoms with van der Waals surface area (Å²) >= 11 is 0. The van der Waals surface area contributed by atoms with Crippen LogP contribution in [0.2, 0.25) is 0 Å². The molecular weight excluding hydrogens is 290 g/mol. The van der Waals surface area contributed by atoms with E-state index >= 15 is 0 Å². The Balaban J connectivity index is 1.78. The van der Waals surface area contributed by atoms with Crippen LogP contribution in [0.15, 0.2) is 18.2 Å². The fourth-order valence-corrected chi connectivity index (χ4v) is 6.72. The second-order valence-electron chi connectivity index (χ2n) is 8.28. The van der Waals surface area contributed by atoms with Crippen LogP contribution in [0.5, 0.6) is 5.75 Å². The molecule has 3 aliphatic carbocycles. The van der Waals surface area contributed by atoms with Crippen LogP contribution < -0.4 is 4.74 Å². The molecule has 1 aromatic carbocycles. The Bertz CT molecular complexity index is 731. The van der Waals surface area contributed by atoms with Gasteiger partial charge in [-0.15, -0.1) is 0 Å². The minimum absolute atomic E-state index is 0.149. The molecule has 2 spiro atoms. The van der Waals surface area contributed by atoms with Gasteiger partial charge in [0.1, 0.15) is 11.5 Å². The molecule has 4 nitrogen and oxygen atoms in total. The number of aliphatic hydroxyl groups is 1. The van der Waals surface area contributed by atoms with E-state index < -0.39 is 11.0 Å². The number of carbonyl (C=O) groups is 1. The Morgan fingerprint density at radius 1 is 1.35 bits per heavy atom. The lowest BCUT2D eigenvalue weighted by molar-refractivity contribution is -0.154. The van der Waals surface area contributed by atoms with E-state index in [4.69, 9.17) is 4.74 Å². The van der Waals surface area contributed by atoms with Crippen LogP contribution in [0.3, 0.4) is 0 Å². The zero-order valence-electron chi connectivity index (χ0n) is 13.8. The summed E-state index contributed by atoms with van der Waals surface area (Å²) in [5, 5.41) is 11.8. The normalized spacial score (nSPS) is 44.1. The molecular formula is C19H23NO3. The van der Waals surface area contributed by atoms with Gasteiger partial charge in [-0.25, -0.2) is 0 Å². The summed E-state index contributed by atoms with van der Waals surface area (Å²) in [4.78, 5) is 14.7. The highest BCUT2D eigenvalue weighted by molar-refractivity contribution is 5.83. The quantitative estimate of drug-likeness (QED) is 0.857. The van der Waals surface area contributed by atoms with Crippen molar-refractivity contribution in [1.29, 1.82) is 0 Å². The minimum atomic E-state index is -0.786. The van der Waals surface area contributed by atoms with Crippen molar-refractivity contribution in [3.8, 4) is 5.75 Å². The Labute approximate surface area is 136 Å². The van der Waals surface area contributed by atoms with Crippen LogP contribution in [0.25, 0.3) is 0 Å². The summed E-state index contributed by atoms with van der Waals surface area (Å²) in [6, 6.07) is 6.42. The summed E-state index contributed by atoms with van der Waals surface area (Å²) in [6.45, 7) is 1.03. The Morgan fingerprint density at radius 3 is 2.91 bits per heavy atom. The van der Waals surface area contributed by atoms with Gasteiger partial charge < -0.3 is 9.84 Å². The maximum absolute atomic E-state index is 12.4. The van der Waals surface area contributed by atoms with Crippen molar-refractivity contribution in [2.24, 2.45) is 5.41 Å². The van der Waals surface area contributed by atoms with Crippen LogP contribution in [0, 0.1) is 5.41 Å². The van der Waals surface area contributed by atoms with Gasteiger partial charge in [-0.3, -0.25) is 9.69 Å². The number of benzene rings is 1. The van der Waals surface area contributed by atoms with Crippen molar-refractivity contribution in [3.05, 3.63) is 29.3 Å². The number of methoxy groups -OCH3 is 1. The summed E-state index contributed by atoms with van der Waals surface area (Å²) in [5.74, 6) is 1.12. The molecule has 1 saturated heterocycles. The van der Waals surface area contributed by atoms with Crippen molar-refractivity contribution in [3.63, 3.8) is 0 Å². The number of Topliss-reactive ketones (excluding diaryl/α,β-unsaturated/α-hetero) is 1. The predicted molar refractivity (Wildman–Crippen MR) is 85.7 cm³/mol. The Morgan fingerprint density at radius 2 is 2.17 bits per heavy atom. The largest absolute Gasteiger partial charge is 0.497 e. The molecule has 0 aromatic heterocycles. The lowest BCUT2D eigenvalue weighted by Crippen LogP contribution is -2.69. The maximum Gasteiger partial charge on any atom is 0.134 e. The molecule has 0 amide bonds. The summed E-state index contributed by atoms with van der Waals surface area (Å²) < 4.78 is 5.43. The number of hydrogen-bond acceptors (Lipinski definition) is 4. The molecule has 2 saturated carbocycles. The van der Waals surface area contributed by atoms with Crippen LogP contribution in [0.1, 0.15) is 36.8 Å². The fourth-order valence-electron chi connectivity index (χ4n) is 6.72. The van der Waals surface area contributed by atoms with Gasteiger partial charge in [0.15, 0.2) is 0 Å². The fraction of sp³-hybridized carbons (Fsp3) is 0.632. The van der Waals surface area contributed by atoms with E-state index in [9.17, 15) is 9.90 Å². The third-order valence-corrected chi connectivity index (χ3v) is 7.18. The molecule has 1 N–H and O–H groups in total. The van der Waals surface area contributed by atoms with Gasteiger partial charge in [-0.2, -0.15) is 0 Å². The molecule has 4 atom stereocenters. The number of ether oxygens (including phenoxy) is 1. The molecule has 4 heteroatoms. The molecule has 1 aliphatic heterocycles. The molecule has 5 rings (SSSR count). The number of fused-ring (bicyclic) bond motifs is 2. The van der Waals surface area contributed by atoms with E-state index in [1.165, 1.54) is 11.1 Å². The summed E-state index contributed by atoms with van der Waals surface area (Å²) in [5.41, 5.74) is 1.42. The van der Waals surface area contributed by atoms with Crippen molar-refractivity contribution < 1.29 is 14.6 Å². The topological polar surface area (TPSA) is 49.8 Å². The summed E-state index contributed by atoms with van der Waals surface area (Å²) in [7, 11) is 3.79. The van der Waals surface area contributed by atoms with E-state index in [-0.39, 0.29) is 11.5 Å². The van der Waals surface area contributed by atoms with Gasteiger partial charge in [0, 0.05) is 36.3 Å². The molecule has 0 radical (unpaired) electrons. The SMILES string of the molecule is COc1ccc2c(c1)[C@@]13CC(=O)CC[C@@]1(O)[C@@H]1N(C)CC1(C2)C3. The highest BCUT2D eigenvalue weighted by atomic mass is 16.5. The smallest absolute Gasteiger partial charge is 0.134 e. The lowest BCUT2D eigenvalue weighted by atomic mass is 9.58. The first-order chi connectivity index (χ1) is 10.9. The van der Waals surface area contributed by atoms with E-state index in [2.05, 4.69) is 24.1 Å². The summed E-state index contributed by atoms with van der Waals surface area (Å²) in [6.07, 6.45) is 3.55. The third kappa shape index (κ3) is 1.39. The Hall–Kier alpha value is -1.39. The van der Waals surface area contributed by atoms with Gasteiger partial charge in [0.05, 0.1) is 12.7 Å².